The quantitative estimate of drug-likeness (QED) is 0.864. The summed E-state index contributed by atoms with van der Waals surface area (Å²) < 4.78 is 5.37. The molecular weight excluding hydrogens is 268 g/mol. The third-order valence-corrected chi connectivity index (χ3v) is 3.96. The minimum atomic E-state index is 0.294. The van der Waals surface area contributed by atoms with Crippen LogP contribution in [0.3, 0.4) is 0 Å². The van der Waals surface area contributed by atoms with Gasteiger partial charge in [0.25, 0.3) is 0 Å². The zero-order valence-corrected chi connectivity index (χ0v) is 12.8. The van der Waals surface area contributed by atoms with Gasteiger partial charge in [0.15, 0.2) is 0 Å². The Balaban J connectivity index is 1.84. The van der Waals surface area contributed by atoms with Crippen LogP contribution in [0.2, 0.25) is 0 Å². The zero-order valence-electron chi connectivity index (χ0n) is 12.8. The molecule has 2 heterocycles. The van der Waals surface area contributed by atoms with E-state index in [-0.39, 0.29) is 0 Å². The first-order chi connectivity index (χ1) is 10.1. The Morgan fingerprint density at radius 1 is 1.24 bits per heavy atom. The Hall–Kier alpha value is -1.63. The maximum atomic E-state index is 5.90. The first-order valence-electron chi connectivity index (χ1n) is 7.74. The van der Waals surface area contributed by atoms with Crippen molar-refractivity contribution in [3.05, 3.63) is 0 Å². The molecule has 1 saturated heterocycles. The smallest absolute Gasteiger partial charge is 0.232 e. The molecule has 0 bridgehead atoms. The number of hydrogen-bond acceptors (Lipinski definition) is 7. The number of nitrogens with two attached hydrogens (primary N) is 1. The van der Waals surface area contributed by atoms with Crippen molar-refractivity contribution in [3.63, 3.8) is 0 Å². The molecule has 21 heavy (non-hydrogen) atoms. The van der Waals surface area contributed by atoms with Crippen molar-refractivity contribution in [2.75, 3.05) is 48.4 Å². The van der Waals surface area contributed by atoms with Crippen LogP contribution < -0.4 is 15.5 Å². The highest BCUT2D eigenvalue weighted by atomic mass is 16.5. The second-order valence-electron chi connectivity index (χ2n) is 6.08. The molecular formula is C14H24N6O. The van der Waals surface area contributed by atoms with Crippen molar-refractivity contribution in [1.29, 1.82) is 0 Å². The van der Waals surface area contributed by atoms with Gasteiger partial charge < -0.3 is 20.3 Å². The Kier molecular flexibility index (Phi) is 4.10. The van der Waals surface area contributed by atoms with Gasteiger partial charge in [-0.25, -0.2) is 0 Å². The molecule has 2 fully saturated rings. The highest BCUT2D eigenvalue weighted by Gasteiger charge is 2.28. The van der Waals surface area contributed by atoms with Crippen molar-refractivity contribution < 1.29 is 4.74 Å². The van der Waals surface area contributed by atoms with Gasteiger partial charge >= 0.3 is 0 Å². The fourth-order valence-corrected chi connectivity index (χ4v) is 2.50. The van der Waals surface area contributed by atoms with Gasteiger partial charge in [0, 0.05) is 25.7 Å². The molecule has 7 nitrogen and oxygen atoms in total. The second kappa shape index (κ2) is 6.01. The Bertz CT molecular complexity index is 484. The van der Waals surface area contributed by atoms with E-state index < -0.39 is 0 Å². The highest BCUT2D eigenvalue weighted by Crippen LogP contribution is 2.31. The van der Waals surface area contributed by atoms with Crippen molar-refractivity contribution in [3.8, 4) is 0 Å². The van der Waals surface area contributed by atoms with Gasteiger partial charge in [-0.05, 0) is 32.6 Å². The average molecular weight is 292 g/mol. The number of hydrogen-bond donors (Lipinski definition) is 1. The van der Waals surface area contributed by atoms with Crippen molar-refractivity contribution >= 4 is 17.8 Å². The molecule has 0 radical (unpaired) electrons. The van der Waals surface area contributed by atoms with E-state index in [4.69, 9.17) is 10.5 Å². The number of morpholine rings is 1. The molecule has 1 aromatic rings. The minimum absolute atomic E-state index is 0.294. The van der Waals surface area contributed by atoms with E-state index in [1.54, 1.807) is 0 Å². The van der Waals surface area contributed by atoms with Gasteiger partial charge in [-0.1, -0.05) is 0 Å². The number of ether oxygens (including phenoxy) is 1. The van der Waals surface area contributed by atoms with Crippen LogP contribution in [0.5, 0.6) is 0 Å². The van der Waals surface area contributed by atoms with Gasteiger partial charge in [0.05, 0.1) is 13.2 Å². The highest BCUT2D eigenvalue weighted by molar-refractivity contribution is 5.44. The summed E-state index contributed by atoms with van der Waals surface area (Å²) in [6, 6.07) is 0.352. The lowest BCUT2D eigenvalue weighted by Crippen LogP contribution is -2.39. The first-order valence-corrected chi connectivity index (χ1v) is 7.74. The molecule has 0 spiro atoms. The largest absolute Gasteiger partial charge is 0.378 e. The van der Waals surface area contributed by atoms with Gasteiger partial charge in [-0.2, -0.15) is 15.0 Å². The maximum absolute atomic E-state index is 5.90. The van der Waals surface area contributed by atoms with E-state index in [2.05, 4.69) is 38.6 Å². The summed E-state index contributed by atoms with van der Waals surface area (Å²) >= 11 is 0. The summed E-state index contributed by atoms with van der Waals surface area (Å²) in [5, 5.41) is 0. The molecule has 1 saturated carbocycles. The number of nitrogens with zero attached hydrogens (tertiary/aromatic N) is 5. The zero-order chi connectivity index (χ0) is 14.8. The number of nitrogen functional groups attached to an aromatic ring is 1. The monoisotopic (exact) mass is 292 g/mol. The molecule has 3 rings (SSSR count). The summed E-state index contributed by atoms with van der Waals surface area (Å²) in [7, 11) is 0. The van der Waals surface area contributed by atoms with E-state index in [0.717, 1.165) is 25.6 Å². The Morgan fingerprint density at radius 2 is 1.95 bits per heavy atom. The standard InChI is InChI=1S/C14H24N6O/c1-10(2)20(9-11-3-4-11)14-17-12(15)16-13(18-14)19-5-7-21-8-6-19/h10-11H,3-9H2,1-2H3,(H2,15,16,17,18). The molecule has 0 unspecified atom stereocenters. The summed E-state index contributed by atoms with van der Waals surface area (Å²) in [5.41, 5.74) is 5.90. The van der Waals surface area contributed by atoms with E-state index in [1.165, 1.54) is 12.8 Å². The van der Waals surface area contributed by atoms with Crippen LogP contribution in [0.1, 0.15) is 26.7 Å². The molecule has 1 aliphatic heterocycles. The maximum Gasteiger partial charge on any atom is 0.232 e. The van der Waals surface area contributed by atoms with Gasteiger partial charge in [-0.15, -0.1) is 0 Å². The predicted molar refractivity (Wildman–Crippen MR) is 82.5 cm³/mol. The fourth-order valence-electron chi connectivity index (χ4n) is 2.50. The second-order valence-corrected chi connectivity index (χ2v) is 6.08. The molecule has 0 amide bonds. The van der Waals surface area contributed by atoms with Crippen LogP contribution in [-0.4, -0.2) is 53.8 Å². The number of anilines is 3. The summed E-state index contributed by atoms with van der Waals surface area (Å²) in [5.74, 6) is 2.44. The SMILES string of the molecule is CC(C)N(CC1CC1)c1nc(N)nc(N2CCOCC2)n1. The fraction of sp³-hybridized carbons (Fsp3) is 0.786. The van der Waals surface area contributed by atoms with E-state index >= 15 is 0 Å². The van der Waals surface area contributed by atoms with Crippen LogP contribution >= 0.6 is 0 Å². The summed E-state index contributed by atoms with van der Waals surface area (Å²) in [6.07, 6.45) is 2.61. The molecule has 2 aliphatic rings. The molecule has 1 aliphatic carbocycles. The van der Waals surface area contributed by atoms with Crippen LogP contribution in [0.15, 0.2) is 0 Å². The van der Waals surface area contributed by atoms with Crippen LogP contribution in [-0.2, 0) is 4.74 Å². The third kappa shape index (κ3) is 3.53. The Morgan fingerprint density at radius 3 is 2.57 bits per heavy atom. The van der Waals surface area contributed by atoms with Crippen molar-refractivity contribution in [2.24, 2.45) is 5.92 Å². The van der Waals surface area contributed by atoms with Crippen molar-refractivity contribution in [2.45, 2.75) is 32.7 Å². The van der Waals surface area contributed by atoms with Gasteiger partial charge in [-0.3, -0.25) is 0 Å². The average Bonchev–Trinajstić information content (AvgIpc) is 3.29. The molecule has 0 aromatic carbocycles. The van der Waals surface area contributed by atoms with Crippen LogP contribution in [0.4, 0.5) is 17.8 Å². The summed E-state index contributed by atoms with van der Waals surface area (Å²) in [6.45, 7) is 8.34. The Labute approximate surface area is 125 Å². The molecule has 0 atom stereocenters. The lowest BCUT2D eigenvalue weighted by Gasteiger charge is -2.30. The molecule has 2 N–H and O–H groups in total. The van der Waals surface area contributed by atoms with E-state index in [1.807, 2.05) is 0 Å². The van der Waals surface area contributed by atoms with Crippen LogP contribution in [0.25, 0.3) is 0 Å². The van der Waals surface area contributed by atoms with E-state index in [9.17, 15) is 0 Å². The normalized spacial score (nSPS) is 19.1. The minimum Gasteiger partial charge on any atom is -0.378 e. The topological polar surface area (TPSA) is 80.4 Å². The molecule has 116 valence electrons. The lowest BCUT2D eigenvalue weighted by molar-refractivity contribution is 0.122. The molecule has 7 heteroatoms. The predicted octanol–water partition coefficient (Wildman–Crippen LogP) is 0.915. The van der Waals surface area contributed by atoms with E-state index in [0.29, 0.717) is 37.1 Å². The third-order valence-electron chi connectivity index (χ3n) is 3.96. The first kappa shape index (κ1) is 14.3. The number of aromatic nitrogens is 3. The summed E-state index contributed by atoms with van der Waals surface area (Å²) in [4.78, 5) is 17.6. The van der Waals surface area contributed by atoms with Gasteiger partial charge in [0.2, 0.25) is 17.8 Å². The van der Waals surface area contributed by atoms with Crippen molar-refractivity contribution in [1.82, 2.24) is 15.0 Å². The van der Waals surface area contributed by atoms with Gasteiger partial charge in [0.1, 0.15) is 0 Å². The lowest BCUT2D eigenvalue weighted by atomic mass is 10.3. The van der Waals surface area contributed by atoms with Crippen LogP contribution in [0, 0.1) is 5.92 Å². The number of rotatable bonds is 5. The molecule has 1 aromatic heterocycles.